The van der Waals surface area contributed by atoms with Crippen molar-refractivity contribution in [2.75, 3.05) is 7.11 Å². The monoisotopic (exact) mass is 413 g/mol. The maximum atomic E-state index is 12.1. The van der Waals surface area contributed by atoms with E-state index in [4.69, 9.17) is 9.47 Å². The Labute approximate surface area is 167 Å². The molecule has 0 aliphatic heterocycles. The van der Waals surface area contributed by atoms with Crippen LogP contribution in [-0.2, 0) is 22.6 Å². The van der Waals surface area contributed by atoms with Gasteiger partial charge < -0.3 is 9.47 Å². The number of aromatic nitrogens is 3. The Kier molecular flexibility index (Phi) is 5.18. The van der Waals surface area contributed by atoms with Crippen molar-refractivity contribution in [1.82, 2.24) is 14.4 Å². The molecule has 0 unspecified atom stereocenters. The highest BCUT2D eigenvalue weighted by Crippen LogP contribution is 2.26. The number of esters is 1. The number of thiazole rings is 2. The Morgan fingerprint density at radius 3 is 2.75 bits per heavy atom. The molecular weight excluding hydrogens is 398 g/mol. The number of hydrogen-bond acceptors (Lipinski definition) is 8. The molecule has 0 aliphatic carbocycles. The number of carbonyl (C=O) groups is 1. The predicted octanol–water partition coefficient (Wildman–Crippen LogP) is 3.17. The van der Waals surface area contributed by atoms with Crippen molar-refractivity contribution in [2.24, 2.45) is 0 Å². The molecule has 0 spiro atoms. The van der Waals surface area contributed by atoms with E-state index in [9.17, 15) is 9.59 Å². The lowest BCUT2D eigenvalue weighted by molar-refractivity contribution is -0.144. The zero-order chi connectivity index (χ0) is 19.5. The first-order valence-corrected chi connectivity index (χ1v) is 10.1. The lowest BCUT2D eigenvalue weighted by Crippen LogP contribution is -2.15. The standard InChI is InChI=1S/C19H15N3O4S2/c1-25-15-4-2-12(3-5-15)18-20-14(11-28-18)9-17(24)26-10-13-8-16(23)22-6-7-27-19(22)21-13/h2-8,11H,9-10H2,1H3. The van der Waals surface area contributed by atoms with Crippen LogP contribution in [0.4, 0.5) is 0 Å². The number of nitrogens with zero attached hydrogens (tertiary/aromatic N) is 3. The van der Waals surface area contributed by atoms with Crippen LogP contribution in [0.3, 0.4) is 0 Å². The number of hydrogen-bond donors (Lipinski definition) is 0. The second kappa shape index (κ2) is 7.91. The third kappa shape index (κ3) is 3.95. The Hall–Kier alpha value is -3.04. The van der Waals surface area contributed by atoms with Gasteiger partial charge >= 0.3 is 5.97 Å². The molecule has 0 aliphatic rings. The van der Waals surface area contributed by atoms with E-state index >= 15 is 0 Å². The third-order valence-corrected chi connectivity index (χ3v) is 5.65. The quantitative estimate of drug-likeness (QED) is 0.452. The van der Waals surface area contributed by atoms with Crippen LogP contribution in [0, 0.1) is 0 Å². The normalized spacial score (nSPS) is 10.9. The summed E-state index contributed by atoms with van der Waals surface area (Å²) in [4.78, 5) is 33.5. The van der Waals surface area contributed by atoms with E-state index in [1.165, 1.54) is 33.1 Å². The first-order chi connectivity index (χ1) is 13.6. The summed E-state index contributed by atoms with van der Waals surface area (Å²) < 4.78 is 11.9. The van der Waals surface area contributed by atoms with Gasteiger partial charge in [-0.1, -0.05) is 0 Å². The van der Waals surface area contributed by atoms with E-state index in [0.717, 1.165) is 16.3 Å². The second-order valence-electron chi connectivity index (χ2n) is 5.85. The van der Waals surface area contributed by atoms with Crippen molar-refractivity contribution in [3.63, 3.8) is 0 Å². The zero-order valence-corrected chi connectivity index (χ0v) is 16.5. The molecule has 0 radical (unpaired) electrons. The molecular formula is C19H15N3O4S2. The fraction of sp³-hybridized carbons (Fsp3) is 0.158. The van der Waals surface area contributed by atoms with E-state index in [2.05, 4.69) is 9.97 Å². The molecule has 0 atom stereocenters. The van der Waals surface area contributed by atoms with Crippen molar-refractivity contribution in [3.05, 3.63) is 69.0 Å². The Morgan fingerprint density at radius 1 is 1.14 bits per heavy atom. The molecule has 0 fully saturated rings. The van der Waals surface area contributed by atoms with Gasteiger partial charge in [-0.3, -0.25) is 14.0 Å². The summed E-state index contributed by atoms with van der Waals surface area (Å²) in [6.45, 7) is -0.0437. The summed E-state index contributed by atoms with van der Waals surface area (Å²) in [7, 11) is 1.62. The fourth-order valence-corrected chi connectivity index (χ4v) is 4.13. The molecule has 1 aromatic carbocycles. The van der Waals surface area contributed by atoms with Crippen LogP contribution in [0.25, 0.3) is 15.5 Å². The van der Waals surface area contributed by atoms with Gasteiger partial charge in [-0.05, 0) is 24.3 Å². The van der Waals surface area contributed by atoms with Crippen LogP contribution in [0.5, 0.6) is 5.75 Å². The van der Waals surface area contributed by atoms with Gasteiger partial charge in [0, 0.05) is 28.6 Å². The van der Waals surface area contributed by atoms with Crippen LogP contribution in [0.1, 0.15) is 11.4 Å². The minimum atomic E-state index is -0.417. The van der Waals surface area contributed by atoms with Crippen LogP contribution in [0.2, 0.25) is 0 Å². The van der Waals surface area contributed by atoms with Crippen LogP contribution in [-0.4, -0.2) is 27.4 Å². The topological polar surface area (TPSA) is 82.8 Å². The smallest absolute Gasteiger partial charge is 0.312 e. The van der Waals surface area contributed by atoms with Gasteiger partial charge in [-0.2, -0.15) is 0 Å². The lowest BCUT2D eigenvalue weighted by atomic mass is 10.2. The van der Waals surface area contributed by atoms with Crippen molar-refractivity contribution >= 4 is 33.6 Å². The molecule has 0 amide bonds. The first-order valence-electron chi connectivity index (χ1n) is 8.32. The summed E-state index contributed by atoms with van der Waals surface area (Å²) in [6, 6.07) is 8.95. The minimum absolute atomic E-state index is 0.0437. The highest BCUT2D eigenvalue weighted by atomic mass is 32.1. The van der Waals surface area contributed by atoms with Crippen molar-refractivity contribution in [3.8, 4) is 16.3 Å². The zero-order valence-electron chi connectivity index (χ0n) is 14.8. The van der Waals surface area contributed by atoms with Crippen LogP contribution < -0.4 is 10.3 Å². The van der Waals surface area contributed by atoms with E-state index in [0.29, 0.717) is 16.3 Å². The number of ether oxygens (including phenoxy) is 2. The highest BCUT2D eigenvalue weighted by molar-refractivity contribution is 7.15. The van der Waals surface area contributed by atoms with E-state index in [-0.39, 0.29) is 18.6 Å². The van der Waals surface area contributed by atoms with Crippen molar-refractivity contribution in [1.29, 1.82) is 0 Å². The Bertz CT molecular complexity index is 1180. The summed E-state index contributed by atoms with van der Waals surface area (Å²) in [5.74, 6) is 0.359. The minimum Gasteiger partial charge on any atom is -0.497 e. The van der Waals surface area contributed by atoms with Gasteiger partial charge in [-0.15, -0.1) is 22.7 Å². The maximum Gasteiger partial charge on any atom is 0.312 e. The van der Waals surface area contributed by atoms with Gasteiger partial charge in [0.05, 0.1) is 24.9 Å². The van der Waals surface area contributed by atoms with Crippen LogP contribution >= 0.6 is 22.7 Å². The van der Waals surface area contributed by atoms with Crippen molar-refractivity contribution in [2.45, 2.75) is 13.0 Å². The molecule has 0 bridgehead atoms. The first kappa shape index (κ1) is 18.3. The number of carbonyl (C=O) groups excluding carboxylic acids is 1. The molecule has 0 saturated heterocycles. The fourth-order valence-electron chi connectivity index (χ4n) is 2.57. The largest absolute Gasteiger partial charge is 0.497 e. The number of benzene rings is 1. The summed E-state index contributed by atoms with van der Waals surface area (Å²) >= 11 is 2.81. The molecule has 7 nitrogen and oxygen atoms in total. The molecule has 142 valence electrons. The maximum absolute atomic E-state index is 12.1. The van der Waals surface area contributed by atoms with E-state index < -0.39 is 5.97 Å². The average molecular weight is 413 g/mol. The Balaban J connectivity index is 1.38. The summed E-state index contributed by atoms with van der Waals surface area (Å²) in [5.41, 5.74) is 1.83. The second-order valence-corrected chi connectivity index (χ2v) is 7.58. The van der Waals surface area contributed by atoms with Gasteiger partial charge in [0.1, 0.15) is 17.4 Å². The van der Waals surface area contributed by atoms with Gasteiger partial charge in [0.2, 0.25) is 0 Å². The molecule has 0 N–H and O–H groups in total. The molecule has 9 heteroatoms. The van der Waals surface area contributed by atoms with E-state index in [1.807, 2.05) is 29.6 Å². The van der Waals surface area contributed by atoms with Gasteiger partial charge in [0.15, 0.2) is 4.96 Å². The Morgan fingerprint density at radius 2 is 1.96 bits per heavy atom. The number of methoxy groups -OCH3 is 1. The molecule has 28 heavy (non-hydrogen) atoms. The van der Waals surface area contributed by atoms with Crippen molar-refractivity contribution < 1.29 is 14.3 Å². The molecule has 4 rings (SSSR count). The van der Waals surface area contributed by atoms with Crippen LogP contribution in [0.15, 0.2) is 52.1 Å². The lowest BCUT2D eigenvalue weighted by Gasteiger charge is -2.03. The molecule has 3 heterocycles. The number of fused-ring (bicyclic) bond motifs is 1. The predicted molar refractivity (Wildman–Crippen MR) is 107 cm³/mol. The SMILES string of the molecule is COc1ccc(-c2nc(CC(=O)OCc3cc(=O)n4ccsc4n3)cs2)cc1. The summed E-state index contributed by atoms with van der Waals surface area (Å²) in [6.07, 6.45) is 1.72. The summed E-state index contributed by atoms with van der Waals surface area (Å²) in [5, 5.41) is 4.44. The molecule has 3 aromatic heterocycles. The third-order valence-electron chi connectivity index (χ3n) is 3.95. The van der Waals surface area contributed by atoms with Gasteiger partial charge in [0.25, 0.3) is 5.56 Å². The van der Waals surface area contributed by atoms with E-state index in [1.54, 1.807) is 18.7 Å². The molecule has 4 aromatic rings. The average Bonchev–Trinajstić information content (AvgIpc) is 3.36. The number of rotatable bonds is 6. The highest BCUT2D eigenvalue weighted by Gasteiger charge is 2.12. The van der Waals surface area contributed by atoms with Gasteiger partial charge in [-0.25, -0.2) is 9.97 Å². The molecule has 0 saturated carbocycles.